The lowest BCUT2D eigenvalue weighted by atomic mass is 10.1. The van der Waals surface area contributed by atoms with Crippen molar-refractivity contribution < 1.29 is 19.1 Å². The highest BCUT2D eigenvalue weighted by Gasteiger charge is 2.25. The number of esters is 2. The molecule has 0 aromatic heterocycles. The van der Waals surface area contributed by atoms with Crippen LogP contribution in [-0.4, -0.2) is 17.8 Å². The largest absolute Gasteiger partial charge is 0.423 e. The number of benzene rings is 3. The number of aryl methyl sites for hydroxylation is 1. The molecular weight excluding hydrogens is 437 g/mol. The summed E-state index contributed by atoms with van der Waals surface area (Å²) in [7, 11) is 0. The molecule has 3 aromatic carbocycles. The van der Waals surface area contributed by atoms with Gasteiger partial charge in [0.05, 0.1) is 16.1 Å². The van der Waals surface area contributed by atoms with Crippen LogP contribution in [-0.2, 0) is 9.53 Å². The molecule has 1 aliphatic rings. The number of carbonyl (C=O) groups is 2. The molecule has 0 saturated heterocycles. The molecule has 31 heavy (non-hydrogen) atoms. The Labute approximate surface area is 188 Å². The number of nitrogens with zero attached hydrogens (tertiary/aromatic N) is 1. The smallest absolute Gasteiger partial charge is 0.363 e. The van der Waals surface area contributed by atoms with Crippen molar-refractivity contribution in [3.63, 3.8) is 0 Å². The van der Waals surface area contributed by atoms with E-state index >= 15 is 0 Å². The van der Waals surface area contributed by atoms with E-state index in [1.54, 1.807) is 60.7 Å². The van der Waals surface area contributed by atoms with E-state index in [1.165, 1.54) is 0 Å². The number of rotatable bonds is 4. The van der Waals surface area contributed by atoms with E-state index < -0.39 is 11.9 Å². The van der Waals surface area contributed by atoms with Gasteiger partial charge in [-0.25, -0.2) is 14.6 Å². The van der Waals surface area contributed by atoms with E-state index in [0.717, 1.165) is 5.56 Å². The standard InChI is InChI=1S/C24H15Cl2NO4/c1-14-2-6-16(7-3-14)23(28)30-18-9-4-15(5-10-18)12-21-24(29)31-22(27-21)19-11-8-17(25)13-20(19)26/h2-13H,1H3/b21-12-. The van der Waals surface area contributed by atoms with Gasteiger partial charge in [0.25, 0.3) is 0 Å². The number of aliphatic imine (C=N–C) groups is 1. The van der Waals surface area contributed by atoms with E-state index in [0.29, 0.717) is 32.5 Å². The minimum absolute atomic E-state index is 0.113. The lowest BCUT2D eigenvalue weighted by Gasteiger charge is -2.05. The summed E-state index contributed by atoms with van der Waals surface area (Å²) in [5, 5.41) is 0.803. The van der Waals surface area contributed by atoms with Crippen molar-refractivity contribution in [2.24, 2.45) is 4.99 Å². The Morgan fingerprint density at radius 1 is 1.00 bits per heavy atom. The maximum absolute atomic E-state index is 12.2. The van der Waals surface area contributed by atoms with Crippen LogP contribution in [0.2, 0.25) is 10.0 Å². The first-order valence-electron chi connectivity index (χ1n) is 9.26. The van der Waals surface area contributed by atoms with Crippen LogP contribution in [0.5, 0.6) is 5.75 Å². The van der Waals surface area contributed by atoms with Crippen molar-refractivity contribution in [3.05, 3.63) is 105 Å². The monoisotopic (exact) mass is 451 g/mol. The third kappa shape index (κ3) is 4.85. The van der Waals surface area contributed by atoms with Gasteiger partial charge in [-0.15, -0.1) is 0 Å². The van der Waals surface area contributed by atoms with Gasteiger partial charge in [0.1, 0.15) is 5.75 Å². The second kappa shape index (κ2) is 8.76. The number of cyclic esters (lactones) is 1. The molecule has 0 amide bonds. The fraction of sp³-hybridized carbons (Fsp3) is 0.0417. The number of carbonyl (C=O) groups excluding carboxylic acids is 2. The van der Waals surface area contributed by atoms with Gasteiger partial charge in [-0.05, 0) is 61.0 Å². The number of hydrogen-bond acceptors (Lipinski definition) is 5. The summed E-state index contributed by atoms with van der Waals surface area (Å²) in [4.78, 5) is 28.6. The Hall–Kier alpha value is -3.41. The van der Waals surface area contributed by atoms with Gasteiger partial charge >= 0.3 is 11.9 Å². The van der Waals surface area contributed by atoms with Crippen LogP contribution < -0.4 is 4.74 Å². The highest BCUT2D eigenvalue weighted by molar-refractivity contribution is 6.37. The summed E-state index contributed by atoms with van der Waals surface area (Å²) in [6.45, 7) is 1.94. The van der Waals surface area contributed by atoms with Crippen LogP contribution in [0, 0.1) is 6.92 Å². The summed E-state index contributed by atoms with van der Waals surface area (Å²) < 4.78 is 10.6. The maximum Gasteiger partial charge on any atom is 0.363 e. The molecule has 0 N–H and O–H groups in total. The molecule has 0 saturated carbocycles. The Kier molecular flexibility index (Phi) is 5.89. The van der Waals surface area contributed by atoms with Gasteiger partial charge in [0, 0.05) is 5.02 Å². The van der Waals surface area contributed by atoms with Gasteiger partial charge in [-0.2, -0.15) is 0 Å². The van der Waals surface area contributed by atoms with Crippen LogP contribution in [0.15, 0.2) is 77.4 Å². The Morgan fingerprint density at radius 2 is 1.71 bits per heavy atom. The summed E-state index contributed by atoms with van der Waals surface area (Å²) >= 11 is 12.1. The Morgan fingerprint density at radius 3 is 2.39 bits per heavy atom. The summed E-state index contributed by atoms with van der Waals surface area (Å²) in [5.74, 6) is -0.532. The van der Waals surface area contributed by atoms with Crippen LogP contribution in [0.4, 0.5) is 0 Å². The first-order chi connectivity index (χ1) is 14.9. The van der Waals surface area contributed by atoms with Crippen molar-refractivity contribution in [1.82, 2.24) is 0 Å². The van der Waals surface area contributed by atoms with Crippen molar-refractivity contribution in [1.29, 1.82) is 0 Å². The molecule has 3 aromatic rings. The van der Waals surface area contributed by atoms with E-state index in [2.05, 4.69) is 4.99 Å². The average molecular weight is 452 g/mol. The lowest BCUT2D eigenvalue weighted by molar-refractivity contribution is -0.129. The molecule has 0 unspecified atom stereocenters. The summed E-state index contributed by atoms with van der Waals surface area (Å²) in [6, 6.07) is 18.6. The minimum Gasteiger partial charge on any atom is -0.423 e. The first kappa shape index (κ1) is 20.8. The van der Waals surface area contributed by atoms with Crippen LogP contribution in [0.1, 0.15) is 27.0 Å². The summed E-state index contributed by atoms with van der Waals surface area (Å²) in [6.07, 6.45) is 1.57. The molecule has 0 fully saturated rings. The van der Waals surface area contributed by atoms with Crippen LogP contribution in [0.25, 0.3) is 6.08 Å². The van der Waals surface area contributed by atoms with Crippen molar-refractivity contribution in [3.8, 4) is 5.75 Å². The van der Waals surface area contributed by atoms with Gasteiger partial charge < -0.3 is 9.47 Å². The SMILES string of the molecule is Cc1ccc(C(=O)Oc2ccc(/C=C3\N=C(c4ccc(Cl)cc4Cl)OC3=O)cc2)cc1. The zero-order valence-corrected chi connectivity index (χ0v) is 17.8. The highest BCUT2D eigenvalue weighted by atomic mass is 35.5. The first-order valence-corrected chi connectivity index (χ1v) is 10.0. The second-order valence-electron chi connectivity index (χ2n) is 6.78. The Bertz CT molecular complexity index is 1230. The molecule has 1 aliphatic heterocycles. The van der Waals surface area contributed by atoms with Crippen molar-refractivity contribution in [2.75, 3.05) is 0 Å². The predicted octanol–water partition coefficient (Wildman–Crippen LogP) is 5.87. The van der Waals surface area contributed by atoms with Crippen molar-refractivity contribution in [2.45, 2.75) is 6.92 Å². The quantitative estimate of drug-likeness (QED) is 0.282. The molecule has 4 rings (SSSR count). The van der Waals surface area contributed by atoms with E-state index in [1.807, 2.05) is 19.1 Å². The van der Waals surface area contributed by atoms with Gasteiger partial charge in [0.2, 0.25) is 5.90 Å². The Balaban J connectivity index is 1.50. The second-order valence-corrected chi connectivity index (χ2v) is 7.63. The fourth-order valence-corrected chi connectivity index (χ4v) is 3.32. The van der Waals surface area contributed by atoms with Gasteiger partial charge in [0.15, 0.2) is 5.70 Å². The predicted molar refractivity (Wildman–Crippen MR) is 120 cm³/mol. The zero-order valence-electron chi connectivity index (χ0n) is 16.3. The topological polar surface area (TPSA) is 65.0 Å². The molecule has 0 aliphatic carbocycles. The van der Waals surface area contributed by atoms with E-state index in [-0.39, 0.29) is 11.6 Å². The van der Waals surface area contributed by atoms with Gasteiger partial charge in [-0.3, -0.25) is 0 Å². The molecule has 0 bridgehead atoms. The third-order valence-electron chi connectivity index (χ3n) is 4.46. The molecule has 0 spiro atoms. The normalized spacial score (nSPS) is 14.4. The molecule has 154 valence electrons. The minimum atomic E-state index is -0.587. The highest BCUT2D eigenvalue weighted by Crippen LogP contribution is 2.26. The molecule has 0 radical (unpaired) electrons. The maximum atomic E-state index is 12.2. The molecule has 0 atom stereocenters. The van der Waals surface area contributed by atoms with Crippen LogP contribution >= 0.6 is 23.2 Å². The third-order valence-corrected chi connectivity index (χ3v) is 5.01. The number of halogens is 2. The fourth-order valence-electron chi connectivity index (χ4n) is 2.83. The zero-order chi connectivity index (χ0) is 22.0. The lowest BCUT2D eigenvalue weighted by Crippen LogP contribution is -2.08. The summed E-state index contributed by atoms with van der Waals surface area (Å²) in [5.41, 5.74) is 2.82. The van der Waals surface area contributed by atoms with Crippen molar-refractivity contribution >= 4 is 47.1 Å². The average Bonchev–Trinajstić information content (AvgIpc) is 3.09. The molecule has 5 nitrogen and oxygen atoms in total. The number of hydrogen-bond donors (Lipinski definition) is 0. The molecule has 7 heteroatoms. The van der Waals surface area contributed by atoms with E-state index in [4.69, 9.17) is 32.7 Å². The van der Waals surface area contributed by atoms with E-state index in [9.17, 15) is 9.59 Å². The number of ether oxygens (including phenoxy) is 2. The van der Waals surface area contributed by atoms with Crippen LogP contribution in [0.3, 0.4) is 0 Å². The molecular formula is C24H15Cl2NO4. The van der Waals surface area contributed by atoms with Gasteiger partial charge in [-0.1, -0.05) is 53.0 Å². The molecule has 1 heterocycles.